The van der Waals surface area contributed by atoms with Gasteiger partial charge in [-0.3, -0.25) is 0 Å². The SMILES string of the molecule is Cc1cc(C)nc(Nc2cc(B3OC(C)(C)C(C)(C)O3)ccc2C=N)c1. The first-order chi connectivity index (χ1) is 12.1. The molecule has 1 fully saturated rings. The van der Waals surface area contributed by atoms with Crippen LogP contribution in [0.3, 0.4) is 0 Å². The Hall–Kier alpha value is -2.18. The van der Waals surface area contributed by atoms with Crippen molar-refractivity contribution >= 4 is 30.3 Å². The van der Waals surface area contributed by atoms with Crippen molar-refractivity contribution < 1.29 is 9.31 Å². The van der Waals surface area contributed by atoms with E-state index in [-0.39, 0.29) is 11.2 Å². The average Bonchev–Trinajstić information content (AvgIpc) is 2.74. The van der Waals surface area contributed by atoms with E-state index >= 15 is 0 Å². The fraction of sp³-hybridized carbons (Fsp3) is 0.400. The fourth-order valence-electron chi connectivity index (χ4n) is 2.98. The minimum atomic E-state index is -0.437. The first-order valence-electron chi connectivity index (χ1n) is 8.84. The Morgan fingerprint density at radius 1 is 1.04 bits per heavy atom. The van der Waals surface area contributed by atoms with Crippen molar-refractivity contribution in [3.8, 4) is 0 Å². The van der Waals surface area contributed by atoms with Gasteiger partial charge in [-0.2, -0.15) is 0 Å². The third kappa shape index (κ3) is 3.52. The Labute approximate surface area is 155 Å². The lowest BCUT2D eigenvalue weighted by molar-refractivity contribution is 0.00578. The van der Waals surface area contributed by atoms with Gasteiger partial charge in [0.2, 0.25) is 0 Å². The second-order valence-corrected chi connectivity index (χ2v) is 7.88. The Kier molecular flexibility index (Phi) is 4.67. The highest BCUT2D eigenvalue weighted by Gasteiger charge is 2.51. The van der Waals surface area contributed by atoms with Gasteiger partial charge in [0.15, 0.2) is 0 Å². The molecular formula is C20H26BN3O2. The van der Waals surface area contributed by atoms with E-state index in [0.717, 1.165) is 33.8 Å². The second-order valence-electron chi connectivity index (χ2n) is 7.88. The Balaban J connectivity index is 1.94. The molecule has 3 rings (SSSR count). The van der Waals surface area contributed by atoms with E-state index < -0.39 is 7.12 Å². The van der Waals surface area contributed by atoms with Gasteiger partial charge in [0.1, 0.15) is 5.82 Å². The number of pyridine rings is 1. The van der Waals surface area contributed by atoms with Crippen LogP contribution >= 0.6 is 0 Å². The van der Waals surface area contributed by atoms with Crippen LogP contribution in [0.4, 0.5) is 11.5 Å². The number of aromatic nitrogens is 1. The molecule has 5 nitrogen and oxygen atoms in total. The molecule has 0 amide bonds. The van der Waals surface area contributed by atoms with E-state index in [0.29, 0.717) is 0 Å². The van der Waals surface area contributed by atoms with E-state index in [1.165, 1.54) is 6.21 Å². The molecule has 0 unspecified atom stereocenters. The number of rotatable bonds is 4. The second kappa shape index (κ2) is 6.52. The van der Waals surface area contributed by atoms with Crippen molar-refractivity contribution in [2.24, 2.45) is 0 Å². The summed E-state index contributed by atoms with van der Waals surface area (Å²) in [5, 5.41) is 11.0. The van der Waals surface area contributed by atoms with Crippen LogP contribution in [-0.2, 0) is 9.31 Å². The molecule has 0 bridgehead atoms. The quantitative estimate of drug-likeness (QED) is 0.651. The molecule has 1 aliphatic rings. The van der Waals surface area contributed by atoms with Gasteiger partial charge in [0.25, 0.3) is 0 Å². The molecule has 2 heterocycles. The molecule has 2 N–H and O–H groups in total. The molecule has 0 spiro atoms. The maximum atomic E-state index is 7.69. The van der Waals surface area contributed by atoms with Crippen LogP contribution in [0.5, 0.6) is 0 Å². The third-order valence-corrected chi connectivity index (χ3v) is 5.12. The van der Waals surface area contributed by atoms with Gasteiger partial charge in [-0.1, -0.05) is 12.1 Å². The number of aryl methyl sites for hydroxylation is 2. The normalized spacial score (nSPS) is 18.0. The largest absolute Gasteiger partial charge is 0.494 e. The van der Waals surface area contributed by atoms with Gasteiger partial charge in [0, 0.05) is 23.2 Å². The molecule has 0 saturated carbocycles. The number of nitrogens with one attached hydrogen (secondary N) is 2. The number of benzene rings is 1. The van der Waals surface area contributed by atoms with E-state index in [4.69, 9.17) is 14.7 Å². The molecule has 26 heavy (non-hydrogen) atoms. The van der Waals surface area contributed by atoms with Crippen LogP contribution < -0.4 is 10.8 Å². The molecule has 0 aliphatic carbocycles. The zero-order valence-corrected chi connectivity index (χ0v) is 16.3. The van der Waals surface area contributed by atoms with Crippen LogP contribution in [0.1, 0.15) is 44.5 Å². The Morgan fingerprint density at radius 3 is 2.27 bits per heavy atom. The summed E-state index contributed by atoms with van der Waals surface area (Å²) in [4.78, 5) is 4.53. The summed E-state index contributed by atoms with van der Waals surface area (Å²) >= 11 is 0. The van der Waals surface area contributed by atoms with Crippen LogP contribution in [0, 0.1) is 19.3 Å². The molecule has 0 radical (unpaired) electrons. The lowest BCUT2D eigenvalue weighted by Crippen LogP contribution is -2.41. The maximum absolute atomic E-state index is 7.69. The van der Waals surface area contributed by atoms with Crippen molar-refractivity contribution in [3.63, 3.8) is 0 Å². The summed E-state index contributed by atoms with van der Waals surface area (Å²) in [6.07, 6.45) is 1.33. The fourth-order valence-corrected chi connectivity index (χ4v) is 2.98. The van der Waals surface area contributed by atoms with Crippen LogP contribution in [0.2, 0.25) is 0 Å². The predicted octanol–water partition coefficient (Wildman–Crippen LogP) is 3.74. The Bertz CT molecular complexity index is 813. The lowest BCUT2D eigenvalue weighted by atomic mass is 9.78. The summed E-state index contributed by atoms with van der Waals surface area (Å²) in [6.45, 7) is 12.2. The molecule has 2 aromatic rings. The van der Waals surface area contributed by atoms with Gasteiger partial charge in [0.05, 0.1) is 11.2 Å². The molecular weight excluding hydrogens is 325 g/mol. The van der Waals surface area contributed by atoms with Gasteiger partial charge in [-0.25, -0.2) is 4.98 Å². The highest BCUT2D eigenvalue weighted by Crippen LogP contribution is 2.36. The molecule has 1 saturated heterocycles. The minimum Gasteiger partial charge on any atom is -0.399 e. The summed E-state index contributed by atoms with van der Waals surface area (Å²) in [7, 11) is -0.437. The van der Waals surface area contributed by atoms with E-state index in [2.05, 4.69) is 10.3 Å². The lowest BCUT2D eigenvalue weighted by Gasteiger charge is -2.32. The molecule has 136 valence electrons. The van der Waals surface area contributed by atoms with Crippen molar-refractivity contribution in [1.82, 2.24) is 4.98 Å². The first kappa shape index (κ1) is 18.6. The molecule has 6 heteroatoms. The monoisotopic (exact) mass is 351 g/mol. The van der Waals surface area contributed by atoms with Gasteiger partial charge in [-0.15, -0.1) is 0 Å². The molecule has 1 aliphatic heterocycles. The molecule has 0 atom stereocenters. The van der Waals surface area contributed by atoms with Crippen LogP contribution in [0.15, 0.2) is 30.3 Å². The number of hydrogen-bond acceptors (Lipinski definition) is 5. The van der Waals surface area contributed by atoms with Crippen molar-refractivity contribution in [1.29, 1.82) is 5.41 Å². The topological polar surface area (TPSA) is 67.2 Å². The van der Waals surface area contributed by atoms with E-state index in [1.807, 2.05) is 71.9 Å². The van der Waals surface area contributed by atoms with Crippen LogP contribution in [-0.4, -0.2) is 29.5 Å². The number of anilines is 2. The highest BCUT2D eigenvalue weighted by atomic mass is 16.7. The van der Waals surface area contributed by atoms with E-state index in [1.54, 1.807) is 0 Å². The summed E-state index contributed by atoms with van der Waals surface area (Å²) in [6, 6.07) is 9.84. The number of nitrogens with zero attached hydrogens (tertiary/aromatic N) is 1. The third-order valence-electron chi connectivity index (χ3n) is 5.12. The summed E-state index contributed by atoms with van der Waals surface area (Å²) < 4.78 is 12.3. The zero-order valence-electron chi connectivity index (χ0n) is 16.3. The molecule has 1 aromatic carbocycles. The van der Waals surface area contributed by atoms with Gasteiger partial charge >= 0.3 is 7.12 Å². The van der Waals surface area contributed by atoms with Crippen molar-refractivity contribution in [2.45, 2.75) is 52.7 Å². The smallest absolute Gasteiger partial charge is 0.399 e. The summed E-state index contributed by atoms with van der Waals surface area (Å²) in [5.41, 5.74) is 3.82. The first-order valence-corrected chi connectivity index (χ1v) is 8.84. The van der Waals surface area contributed by atoms with Gasteiger partial charge in [-0.05, 0) is 70.8 Å². The maximum Gasteiger partial charge on any atom is 0.494 e. The zero-order chi connectivity index (χ0) is 19.1. The Morgan fingerprint density at radius 2 is 1.69 bits per heavy atom. The minimum absolute atomic E-state index is 0.388. The average molecular weight is 351 g/mol. The van der Waals surface area contributed by atoms with Crippen LogP contribution in [0.25, 0.3) is 0 Å². The van der Waals surface area contributed by atoms with Gasteiger partial charge < -0.3 is 20.0 Å². The highest BCUT2D eigenvalue weighted by molar-refractivity contribution is 6.62. The predicted molar refractivity (Wildman–Crippen MR) is 107 cm³/mol. The standard InChI is InChI=1S/C20H26BN3O2/c1-13-9-14(2)23-18(10-13)24-17-11-16(8-7-15(17)12-22)21-25-19(3,4)20(5,6)26-21/h7-12,22H,1-6H3,(H,23,24). The van der Waals surface area contributed by atoms with Crippen molar-refractivity contribution in [3.05, 3.63) is 47.2 Å². The number of hydrogen-bond donors (Lipinski definition) is 2. The van der Waals surface area contributed by atoms with E-state index in [9.17, 15) is 0 Å². The molecule has 1 aromatic heterocycles. The summed E-state index contributed by atoms with van der Waals surface area (Å²) in [5.74, 6) is 0.761. The van der Waals surface area contributed by atoms with Crippen molar-refractivity contribution in [2.75, 3.05) is 5.32 Å².